The number of carbonyl (C=O) groups is 2. The molecule has 0 aromatic heterocycles. The van der Waals surface area contributed by atoms with E-state index in [2.05, 4.69) is 0 Å². The van der Waals surface area contributed by atoms with Crippen molar-refractivity contribution in [3.63, 3.8) is 0 Å². The predicted octanol–water partition coefficient (Wildman–Crippen LogP) is 2.61. The van der Waals surface area contributed by atoms with Crippen LogP contribution in [0.2, 0.25) is 0 Å². The van der Waals surface area contributed by atoms with Crippen molar-refractivity contribution in [1.29, 1.82) is 0 Å². The Bertz CT molecular complexity index is 243. The lowest BCUT2D eigenvalue weighted by molar-refractivity contribution is -0.113. The normalized spacial score (nSPS) is 13.4. The van der Waals surface area contributed by atoms with Crippen LogP contribution in [0.5, 0.6) is 0 Å². The monoisotopic (exact) mass is 229 g/mol. The van der Waals surface area contributed by atoms with Gasteiger partial charge in [-0.3, -0.25) is 4.90 Å². The fraction of sp³-hybridized carbons (Fsp3) is 0.833. The van der Waals surface area contributed by atoms with E-state index in [4.69, 9.17) is 4.74 Å². The van der Waals surface area contributed by atoms with Crippen LogP contribution in [0.3, 0.4) is 0 Å². The molecular formula is C12H23NO3. The zero-order chi connectivity index (χ0) is 12.9. The van der Waals surface area contributed by atoms with E-state index in [1.807, 2.05) is 41.5 Å². The summed E-state index contributed by atoms with van der Waals surface area (Å²) in [6.07, 6.45) is 0.964. The molecule has 4 nitrogen and oxygen atoms in total. The van der Waals surface area contributed by atoms with Crippen LogP contribution in [0.25, 0.3) is 0 Å². The van der Waals surface area contributed by atoms with Gasteiger partial charge in [-0.05, 0) is 41.0 Å². The van der Waals surface area contributed by atoms with Crippen molar-refractivity contribution in [1.82, 2.24) is 4.90 Å². The highest BCUT2D eigenvalue weighted by molar-refractivity contribution is 5.74. The quantitative estimate of drug-likeness (QED) is 0.696. The summed E-state index contributed by atoms with van der Waals surface area (Å²) in [6.45, 7) is 11.0. The molecule has 0 spiro atoms. The van der Waals surface area contributed by atoms with Crippen molar-refractivity contribution < 1.29 is 14.3 Å². The lowest BCUT2D eigenvalue weighted by Crippen LogP contribution is -2.47. The molecule has 1 amide bonds. The van der Waals surface area contributed by atoms with Crippen LogP contribution in [0.15, 0.2) is 0 Å². The van der Waals surface area contributed by atoms with E-state index in [1.54, 1.807) is 0 Å². The second kappa shape index (κ2) is 5.87. The molecule has 0 aromatic carbocycles. The van der Waals surface area contributed by atoms with Crippen molar-refractivity contribution in [3.8, 4) is 0 Å². The smallest absolute Gasteiger partial charge is 0.411 e. The van der Waals surface area contributed by atoms with Gasteiger partial charge < -0.3 is 9.53 Å². The second-order valence-corrected chi connectivity index (χ2v) is 5.09. The average Bonchev–Trinajstić information content (AvgIpc) is 2.09. The predicted molar refractivity (Wildman–Crippen MR) is 63.4 cm³/mol. The van der Waals surface area contributed by atoms with Gasteiger partial charge >= 0.3 is 6.09 Å². The Morgan fingerprint density at radius 3 is 2.12 bits per heavy atom. The standard InChI is InChI=1S/C12H23NO3/c1-7-10(8-14)13(9(2)3)11(15)16-12(4,5)6/h8-10H,7H2,1-6H3. The Morgan fingerprint density at radius 1 is 1.38 bits per heavy atom. The Morgan fingerprint density at radius 2 is 1.88 bits per heavy atom. The van der Waals surface area contributed by atoms with Gasteiger partial charge in [0.05, 0.1) is 6.04 Å². The zero-order valence-corrected chi connectivity index (χ0v) is 11.1. The maximum absolute atomic E-state index is 11.9. The van der Waals surface area contributed by atoms with Crippen LogP contribution in [-0.4, -0.2) is 35.0 Å². The van der Waals surface area contributed by atoms with Gasteiger partial charge in [0.25, 0.3) is 0 Å². The molecule has 0 rings (SSSR count). The maximum atomic E-state index is 11.9. The molecule has 0 fully saturated rings. The fourth-order valence-electron chi connectivity index (χ4n) is 1.40. The third kappa shape index (κ3) is 4.64. The van der Waals surface area contributed by atoms with Crippen molar-refractivity contribution >= 4 is 12.4 Å². The molecule has 0 saturated heterocycles. The van der Waals surface area contributed by atoms with Gasteiger partial charge in [0.2, 0.25) is 0 Å². The summed E-state index contributed by atoms with van der Waals surface area (Å²) < 4.78 is 5.27. The van der Waals surface area contributed by atoms with E-state index >= 15 is 0 Å². The molecule has 0 aliphatic rings. The van der Waals surface area contributed by atoms with E-state index in [0.29, 0.717) is 6.42 Å². The molecule has 0 aromatic rings. The summed E-state index contributed by atoms with van der Waals surface area (Å²) in [4.78, 5) is 24.3. The van der Waals surface area contributed by atoms with Crippen LogP contribution in [0.1, 0.15) is 48.0 Å². The molecule has 0 radical (unpaired) electrons. The van der Waals surface area contributed by atoms with Crippen LogP contribution in [0, 0.1) is 0 Å². The van der Waals surface area contributed by atoms with Gasteiger partial charge in [0, 0.05) is 6.04 Å². The first-order chi connectivity index (χ1) is 7.22. The molecule has 0 aliphatic heterocycles. The van der Waals surface area contributed by atoms with Crippen molar-refractivity contribution in [2.45, 2.75) is 65.6 Å². The van der Waals surface area contributed by atoms with Crippen LogP contribution >= 0.6 is 0 Å². The van der Waals surface area contributed by atoms with Gasteiger partial charge in [-0.25, -0.2) is 4.79 Å². The highest BCUT2D eigenvalue weighted by atomic mass is 16.6. The number of aldehydes is 1. The first-order valence-corrected chi connectivity index (χ1v) is 5.69. The molecule has 0 heterocycles. The van der Waals surface area contributed by atoms with Crippen molar-refractivity contribution in [2.75, 3.05) is 0 Å². The van der Waals surface area contributed by atoms with E-state index in [1.165, 1.54) is 4.90 Å². The van der Waals surface area contributed by atoms with E-state index < -0.39 is 17.7 Å². The summed E-state index contributed by atoms with van der Waals surface area (Å²) in [6, 6.07) is -0.458. The Kier molecular flexibility index (Phi) is 5.48. The largest absolute Gasteiger partial charge is 0.444 e. The van der Waals surface area contributed by atoms with Crippen molar-refractivity contribution in [2.24, 2.45) is 0 Å². The van der Waals surface area contributed by atoms with Gasteiger partial charge in [0.15, 0.2) is 0 Å². The number of hydrogen-bond acceptors (Lipinski definition) is 3. The number of amides is 1. The minimum Gasteiger partial charge on any atom is -0.444 e. The third-order valence-electron chi connectivity index (χ3n) is 2.09. The number of hydrogen-bond donors (Lipinski definition) is 0. The van der Waals surface area contributed by atoms with Gasteiger partial charge in [0.1, 0.15) is 11.9 Å². The highest BCUT2D eigenvalue weighted by Crippen LogP contribution is 2.15. The Balaban J connectivity index is 4.78. The molecular weight excluding hydrogens is 206 g/mol. The minimum absolute atomic E-state index is 0.0509. The van der Waals surface area contributed by atoms with Crippen molar-refractivity contribution in [3.05, 3.63) is 0 Å². The minimum atomic E-state index is -0.536. The van der Waals surface area contributed by atoms with E-state index in [9.17, 15) is 9.59 Å². The molecule has 0 N–H and O–H groups in total. The first-order valence-electron chi connectivity index (χ1n) is 5.69. The number of nitrogens with zero attached hydrogens (tertiary/aromatic N) is 1. The molecule has 1 atom stereocenters. The lowest BCUT2D eigenvalue weighted by Gasteiger charge is -2.33. The van der Waals surface area contributed by atoms with E-state index in [0.717, 1.165) is 6.29 Å². The lowest BCUT2D eigenvalue weighted by atomic mass is 10.1. The molecule has 94 valence electrons. The van der Waals surface area contributed by atoms with Crippen LogP contribution < -0.4 is 0 Å². The molecule has 4 heteroatoms. The Labute approximate surface area is 98.0 Å². The van der Waals surface area contributed by atoms with Gasteiger partial charge in [-0.15, -0.1) is 0 Å². The second-order valence-electron chi connectivity index (χ2n) is 5.09. The van der Waals surface area contributed by atoms with Crippen LogP contribution in [0.4, 0.5) is 4.79 Å². The summed E-state index contributed by atoms with van der Waals surface area (Å²) in [5.74, 6) is 0. The van der Waals surface area contributed by atoms with Crippen LogP contribution in [-0.2, 0) is 9.53 Å². The first kappa shape index (κ1) is 14.9. The van der Waals surface area contributed by atoms with E-state index in [-0.39, 0.29) is 6.04 Å². The molecule has 0 bridgehead atoms. The maximum Gasteiger partial charge on any atom is 0.411 e. The summed E-state index contributed by atoms with van der Waals surface area (Å²) in [5, 5.41) is 0. The number of carbonyl (C=O) groups excluding carboxylic acids is 2. The molecule has 0 aliphatic carbocycles. The van der Waals surface area contributed by atoms with Gasteiger partial charge in [-0.2, -0.15) is 0 Å². The molecule has 16 heavy (non-hydrogen) atoms. The Hall–Kier alpha value is -1.06. The SMILES string of the molecule is CCC(C=O)N(C(=O)OC(C)(C)C)C(C)C. The zero-order valence-electron chi connectivity index (χ0n) is 11.1. The summed E-state index contributed by atoms with van der Waals surface area (Å²) in [7, 11) is 0. The third-order valence-corrected chi connectivity index (χ3v) is 2.09. The number of ether oxygens (including phenoxy) is 1. The topological polar surface area (TPSA) is 46.6 Å². The summed E-state index contributed by atoms with van der Waals surface area (Å²) in [5.41, 5.74) is -0.536. The fourth-order valence-corrected chi connectivity index (χ4v) is 1.40. The van der Waals surface area contributed by atoms with Gasteiger partial charge in [-0.1, -0.05) is 6.92 Å². The number of rotatable bonds is 4. The summed E-state index contributed by atoms with van der Waals surface area (Å²) >= 11 is 0. The molecule has 1 unspecified atom stereocenters. The average molecular weight is 229 g/mol. The molecule has 0 saturated carbocycles. The highest BCUT2D eigenvalue weighted by Gasteiger charge is 2.29.